The molecule has 6 heteroatoms. The van der Waals surface area contributed by atoms with E-state index in [0.717, 1.165) is 34.2 Å². The zero-order valence-electron chi connectivity index (χ0n) is 16.8. The van der Waals surface area contributed by atoms with Crippen molar-refractivity contribution >= 4 is 28.0 Å². The van der Waals surface area contributed by atoms with E-state index >= 15 is 0 Å². The number of oxazole rings is 1. The van der Waals surface area contributed by atoms with Crippen LogP contribution in [0.25, 0.3) is 22.1 Å². The molecule has 0 aliphatic rings. The number of para-hydroxylation sites is 2. The highest BCUT2D eigenvalue weighted by atomic mass is 16.5. The van der Waals surface area contributed by atoms with Crippen LogP contribution in [-0.2, 0) is 11.2 Å². The minimum atomic E-state index is -0.284. The molecule has 0 aliphatic carbocycles. The number of nitrogens with one attached hydrogen (secondary N) is 1. The Labute approximate surface area is 168 Å². The number of nitrogens with zero attached hydrogens (tertiary/aromatic N) is 1. The molecule has 1 N–H and O–H groups in total. The van der Waals surface area contributed by atoms with Gasteiger partial charge in [-0.15, -0.1) is 0 Å². The van der Waals surface area contributed by atoms with Gasteiger partial charge in [0.05, 0.1) is 19.8 Å². The molecule has 0 unspecified atom stereocenters. The molecule has 4 aromatic rings. The average Bonchev–Trinajstić information content (AvgIpc) is 3.31. The lowest BCUT2D eigenvalue weighted by Crippen LogP contribution is -2.31. The van der Waals surface area contributed by atoms with Crippen molar-refractivity contribution in [2.45, 2.75) is 32.7 Å². The molecule has 0 aliphatic heterocycles. The summed E-state index contributed by atoms with van der Waals surface area (Å²) >= 11 is 0. The molecule has 0 bridgehead atoms. The molecule has 6 nitrogen and oxygen atoms in total. The van der Waals surface area contributed by atoms with Gasteiger partial charge in [-0.2, -0.15) is 0 Å². The van der Waals surface area contributed by atoms with Gasteiger partial charge >= 0.3 is 0 Å². The zero-order chi connectivity index (χ0) is 20.4. The fourth-order valence-corrected chi connectivity index (χ4v) is 3.48. The van der Waals surface area contributed by atoms with Crippen LogP contribution in [0, 0.1) is 5.92 Å². The summed E-state index contributed by atoms with van der Waals surface area (Å²) in [5, 5.41) is 4.00. The van der Waals surface area contributed by atoms with Crippen LogP contribution in [0.2, 0.25) is 0 Å². The first-order valence-corrected chi connectivity index (χ1v) is 9.72. The maximum Gasteiger partial charge on any atom is 0.225 e. The standard InChI is InChI=1S/C23H24N2O4/c1-14(2)10-19(23-25-18-6-4-5-7-20(18)29-23)24-22(26)11-15-13-28-21-12-16(27-3)8-9-17(15)21/h4-9,12-14,19H,10-11H2,1-3H3,(H,24,26)/t19-/m0/s1. The van der Waals surface area contributed by atoms with Gasteiger partial charge in [-0.25, -0.2) is 4.98 Å². The van der Waals surface area contributed by atoms with Gasteiger partial charge in [0, 0.05) is 17.0 Å². The average molecular weight is 392 g/mol. The highest BCUT2D eigenvalue weighted by Gasteiger charge is 2.22. The Morgan fingerprint density at radius 2 is 2.00 bits per heavy atom. The van der Waals surface area contributed by atoms with E-state index < -0.39 is 0 Å². The molecule has 2 aromatic carbocycles. The third-order valence-corrected chi connectivity index (χ3v) is 4.86. The van der Waals surface area contributed by atoms with Crippen LogP contribution >= 0.6 is 0 Å². The van der Waals surface area contributed by atoms with Crippen molar-refractivity contribution in [3.05, 3.63) is 60.2 Å². The van der Waals surface area contributed by atoms with Gasteiger partial charge in [0.15, 0.2) is 5.58 Å². The summed E-state index contributed by atoms with van der Waals surface area (Å²) < 4.78 is 16.7. The summed E-state index contributed by atoms with van der Waals surface area (Å²) in [7, 11) is 1.61. The van der Waals surface area contributed by atoms with Gasteiger partial charge in [0.2, 0.25) is 11.8 Å². The highest BCUT2D eigenvalue weighted by molar-refractivity contribution is 5.88. The van der Waals surface area contributed by atoms with Gasteiger partial charge in [0.1, 0.15) is 22.9 Å². The number of furan rings is 1. The van der Waals surface area contributed by atoms with Crippen LogP contribution in [0.5, 0.6) is 5.75 Å². The number of hydrogen-bond acceptors (Lipinski definition) is 5. The maximum absolute atomic E-state index is 12.8. The topological polar surface area (TPSA) is 77.5 Å². The molecule has 0 radical (unpaired) electrons. The number of ether oxygens (including phenoxy) is 1. The molecule has 4 rings (SSSR count). The Morgan fingerprint density at radius 1 is 1.17 bits per heavy atom. The number of benzene rings is 2. The van der Waals surface area contributed by atoms with Crippen LogP contribution in [0.3, 0.4) is 0 Å². The van der Waals surface area contributed by atoms with E-state index in [1.165, 1.54) is 0 Å². The molecular formula is C23H24N2O4. The van der Waals surface area contributed by atoms with Crippen LogP contribution in [0.1, 0.15) is 37.8 Å². The molecule has 0 fully saturated rings. The number of amides is 1. The second-order valence-corrected chi connectivity index (χ2v) is 7.57. The van der Waals surface area contributed by atoms with Crippen LogP contribution in [0.15, 0.2) is 57.6 Å². The smallest absolute Gasteiger partial charge is 0.225 e. The second kappa shape index (κ2) is 7.99. The van der Waals surface area contributed by atoms with Crippen LogP contribution in [0.4, 0.5) is 0 Å². The predicted octanol–water partition coefficient (Wildman–Crippen LogP) is 5.03. The quantitative estimate of drug-likeness (QED) is 0.477. The van der Waals surface area contributed by atoms with E-state index in [0.29, 0.717) is 17.4 Å². The largest absolute Gasteiger partial charge is 0.497 e. The third kappa shape index (κ3) is 4.11. The molecule has 2 heterocycles. The molecule has 0 saturated carbocycles. The fraction of sp³-hybridized carbons (Fsp3) is 0.304. The van der Waals surface area contributed by atoms with E-state index in [-0.39, 0.29) is 18.4 Å². The minimum Gasteiger partial charge on any atom is -0.497 e. The zero-order valence-corrected chi connectivity index (χ0v) is 16.8. The van der Waals surface area contributed by atoms with E-state index in [9.17, 15) is 4.79 Å². The molecule has 0 spiro atoms. The van der Waals surface area contributed by atoms with Crippen molar-refractivity contribution in [2.75, 3.05) is 7.11 Å². The molecule has 2 aromatic heterocycles. The van der Waals surface area contributed by atoms with Crippen molar-refractivity contribution in [2.24, 2.45) is 5.92 Å². The summed E-state index contributed by atoms with van der Waals surface area (Å²) in [5.41, 5.74) is 3.05. The molecule has 1 amide bonds. The summed E-state index contributed by atoms with van der Waals surface area (Å²) in [6.45, 7) is 4.22. The number of carbonyl (C=O) groups is 1. The van der Waals surface area contributed by atoms with Gasteiger partial charge < -0.3 is 18.9 Å². The Balaban J connectivity index is 1.53. The molecule has 0 saturated heterocycles. The number of hydrogen-bond donors (Lipinski definition) is 1. The number of methoxy groups -OCH3 is 1. The number of aromatic nitrogens is 1. The molecular weight excluding hydrogens is 368 g/mol. The highest BCUT2D eigenvalue weighted by Crippen LogP contribution is 2.27. The predicted molar refractivity (Wildman–Crippen MR) is 111 cm³/mol. The second-order valence-electron chi connectivity index (χ2n) is 7.57. The summed E-state index contributed by atoms with van der Waals surface area (Å²) in [5.74, 6) is 1.53. The van der Waals surface area contributed by atoms with Crippen molar-refractivity contribution in [3.8, 4) is 5.75 Å². The molecule has 29 heavy (non-hydrogen) atoms. The van der Waals surface area contributed by atoms with Crippen molar-refractivity contribution in [3.63, 3.8) is 0 Å². The maximum atomic E-state index is 12.8. The SMILES string of the molecule is COc1ccc2c(CC(=O)N[C@@H](CC(C)C)c3nc4ccccc4o3)coc2c1. The lowest BCUT2D eigenvalue weighted by atomic mass is 10.0. The summed E-state index contributed by atoms with van der Waals surface area (Å²) in [6, 6.07) is 12.9. The third-order valence-electron chi connectivity index (χ3n) is 4.86. The van der Waals surface area contributed by atoms with Gasteiger partial charge in [-0.1, -0.05) is 26.0 Å². The van der Waals surface area contributed by atoms with E-state index in [2.05, 4.69) is 24.1 Å². The van der Waals surface area contributed by atoms with Crippen LogP contribution < -0.4 is 10.1 Å². The van der Waals surface area contributed by atoms with E-state index in [4.69, 9.17) is 13.6 Å². The summed E-state index contributed by atoms with van der Waals surface area (Å²) in [6.07, 6.45) is 2.58. The van der Waals surface area contributed by atoms with Gasteiger partial charge in [-0.3, -0.25) is 4.79 Å². The lowest BCUT2D eigenvalue weighted by Gasteiger charge is -2.17. The summed E-state index contributed by atoms with van der Waals surface area (Å²) in [4.78, 5) is 17.4. The number of fused-ring (bicyclic) bond motifs is 2. The molecule has 150 valence electrons. The monoisotopic (exact) mass is 392 g/mol. The fourth-order valence-electron chi connectivity index (χ4n) is 3.48. The van der Waals surface area contributed by atoms with E-state index in [1.807, 2.05) is 42.5 Å². The Bertz CT molecular complexity index is 1110. The normalized spacial score (nSPS) is 12.6. The number of rotatable bonds is 7. The Kier molecular flexibility index (Phi) is 5.25. The van der Waals surface area contributed by atoms with Crippen molar-refractivity contribution in [1.82, 2.24) is 10.3 Å². The minimum absolute atomic E-state index is 0.101. The van der Waals surface area contributed by atoms with Crippen molar-refractivity contribution < 1.29 is 18.4 Å². The Morgan fingerprint density at radius 3 is 2.76 bits per heavy atom. The van der Waals surface area contributed by atoms with Gasteiger partial charge in [-0.05, 0) is 36.6 Å². The van der Waals surface area contributed by atoms with Crippen LogP contribution in [-0.4, -0.2) is 18.0 Å². The lowest BCUT2D eigenvalue weighted by molar-refractivity contribution is -0.121. The van der Waals surface area contributed by atoms with Gasteiger partial charge in [0.25, 0.3) is 0 Å². The first-order valence-electron chi connectivity index (χ1n) is 9.72. The first kappa shape index (κ1) is 19.1. The first-order chi connectivity index (χ1) is 14.0. The molecule has 1 atom stereocenters. The van der Waals surface area contributed by atoms with Crippen molar-refractivity contribution in [1.29, 1.82) is 0 Å². The Hall–Kier alpha value is -3.28. The van der Waals surface area contributed by atoms with E-state index in [1.54, 1.807) is 13.4 Å². The number of carbonyl (C=O) groups excluding carboxylic acids is 1.